The fourth-order valence-electron chi connectivity index (χ4n) is 3.05. The lowest BCUT2D eigenvalue weighted by Gasteiger charge is -2.08. The molecule has 8 nitrogen and oxygen atoms in total. The van der Waals surface area contributed by atoms with Gasteiger partial charge in [0.25, 0.3) is 5.91 Å². The molecule has 0 saturated heterocycles. The van der Waals surface area contributed by atoms with Crippen molar-refractivity contribution in [1.29, 1.82) is 0 Å². The molecule has 4 aromatic rings. The Morgan fingerprint density at radius 1 is 1.06 bits per heavy atom. The number of aromatic nitrogens is 3. The Bertz CT molecular complexity index is 1150. The van der Waals surface area contributed by atoms with Crippen molar-refractivity contribution in [2.45, 2.75) is 13.8 Å². The summed E-state index contributed by atoms with van der Waals surface area (Å²) in [6.07, 6.45) is 1.46. The average molecular weight is 432 g/mol. The van der Waals surface area contributed by atoms with Crippen LogP contribution in [0.2, 0.25) is 0 Å². The first-order chi connectivity index (χ1) is 15.6. The summed E-state index contributed by atoms with van der Waals surface area (Å²) in [5.41, 5.74) is 3.49. The molecule has 0 fully saturated rings. The molecule has 2 heterocycles. The van der Waals surface area contributed by atoms with Crippen molar-refractivity contribution in [2.24, 2.45) is 0 Å². The summed E-state index contributed by atoms with van der Waals surface area (Å²) in [6.45, 7) is 5.43. The van der Waals surface area contributed by atoms with Crippen LogP contribution >= 0.6 is 0 Å². The van der Waals surface area contributed by atoms with E-state index in [2.05, 4.69) is 15.4 Å². The maximum atomic E-state index is 12.2. The lowest BCUT2D eigenvalue weighted by atomic mass is 10.1. The highest BCUT2D eigenvalue weighted by Gasteiger charge is 2.15. The van der Waals surface area contributed by atoms with Gasteiger partial charge in [0.1, 0.15) is 6.61 Å². The number of anilines is 1. The summed E-state index contributed by atoms with van der Waals surface area (Å²) in [7, 11) is 0. The number of ether oxygens (including phenoxy) is 2. The Kier molecular flexibility index (Phi) is 6.62. The van der Waals surface area contributed by atoms with Gasteiger partial charge in [-0.1, -0.05) is 29.8 Å². The van der Waals surface area contributed by atoms with Crippen LogP contribution in [0, 0.1) is 6.92 Å². The smallest absolute Gasteiger partial charge is 0.336 e. The molecule has 2 aromatic carbocycles. The number of nitrogens with one attached hydrogen (secondary N) is 1. The molecule has 1 N–H and O–H groups in total. The Morgan fingerprint density at radius 3 is 2.53 bits per heavy atom. The topological polar surface area (TPSA) is 91.4 Å². The highest BCUT2D eigenvalue weighted by atomic mass is 16.5. The van der Waals surface area contributed by atoms with Crippen LogP contribution in [0.15, 0.2) is 71.3 Å². The zero-order chi connectivity index (χ0) is 22.3. The minimum atomic E-state index is -0.311. The number of aryl methyl sites for hydroxylation is 1. The van der Waals surface area contributed by atoms with Crippen molar-refractivity contribution < 1.29 is 18.7 Å². The van der Waals surface area contributed by atoms with Gasteiger partial charge in [0.2, 0.25) is 0 Å². The van der Waals surface area contributed by atoms with Crippen LogP contribution in [0.5, 0.6) is 6.01 Å². The number of hydrogen-bond acceptors (Lipinski definition) is 6. The fourth-order valence-corrected chi connectivity index (χ4v) is 3.05. The summed E-state index contributed by atoms with van der Waals surface area (Å²) < 4.78 is 17.8. The molecule has 2 aromatic heterocycles. The molecular weight excluding hydrogens is 408 g/mol. The molecule has 164 valence electrons. The predicted octanol–water partition coefficient (Wildman–Crippen LogP) is 4.50. The molecule has 0 aliphatic heterocycles. The summed E-state index contributed by atoms with van der Waals surface area (Å²) in [5.74, 6) is 0.596. The van der Waals surface area contributed by atoms with Crippen LogP contribution in [0.1, 0.15) is 23.0 Å². The molecule has 0 radical (unpaired) electrons. The van der Waals surface area contributed by atoms with E-state index in [1.54, 1.807) is 28.9 Å². The zero-order valence-corrected chi connectivity index (χ0v) is 17.9. The first-order valence-electron chi connectivity index (χ1n) is 10.3. The quantitative estimate of drug-likeness (QED) is 0.392. The number of carbonyl (C=O) groups is 1. The van der Waals surface area contributed by atoms with Gasteiger partial charge in [0.15, 0.2) is 11.6 Å². The zero-order valence-electron chi connectivity index (χ0n) is 17.9. The minimum absolute atomic E-state index is 0.251. The second kappa shape index (κ2) is 9.93. The maximum Gasteiger partial charge on any atom is 0.336 e. The van der Waals surface area contributed by atoms with Gasteiger partial charge >= 0.3 is 6.01 Å². The summed E-state index contributed by atoms with van der Waals surface area (Å²) in [5, 5.41) is 7.34. The van der Waals surface area contributed by atoms with E-state index in [0.29, 0.717) is 31.3 Å². The summed E-state index contributed by atoms with van der Waals surface area (Å²) in [6, 6.07) is 18.9. The molecular formula is C24H24N4O4. The largest absolute Gasteiger partial charge is 0.460 e. The molecule has 0 unspecified atom stereocenters. The number of nitrogens with zero attached hydrogens (tertiary/aromatic N) is 3. The fraction of sp³-hybridized carbons (Fsp3) is 0.208. The number of rotatable bonds is 9. The first-order valence-corrected chi connectivity index (χ1v) is 10.3. The standard InChI is InChI=1S/C24H24N4O4/c1-3-30-15-16-32-24-26-22(18-8-6-17(2)7-9-18)28(27-24)20-12-10-19(11-13-20)25-23(29)21-5-4-14-31-21/h4-14H,3,15-16H2,1-2H3,(H,25,29). The molecule has 32 heavy (non-hydrogen) atoms. The lowest BCUT2D eigenvalue weighted by Crippen LogP contribution is -2.11. The molecule has 0 aliphatic rings. The van der Waals surface area contributed by atoms with Crippen LogP contribution < -0.4 is 10.1 Å². The third-order valence-corrected chi connectivity index (χ3v) is 4.68. The highest BCUT2D eigenvalue weighted by Crippen LogP contribution is 2.25. The Balaban J connectivity index is 1.58. The van der Waals surface area contributed by atoms with E-state index < -0.39 is 0 Å². The Hall–Kier alpha value is -3.91. The van der Waals surface area contributed by atoms with E-state index in [-0.39, 0.29) is 17.7 Å². The van der Waals surface area contributed by atoms with Gasteiger partial charge in [-0.05, 0) is 50.2 Å². The van der Waals surface area contributed by atoms with Crippen LogP contribution in [0.4, 0.5) is 5.69 Å². The van der Waals surface area contributed by atoms with Crippen LogP contribution in [-0.2, 0) is 4.74 Å². The van der Waals surface area contributed by atoms with E-state index in [1.807, 2.05) is 50.2 Å². The molecule has 0 bridgehead atoms. The Labute approximate surface area is 185 Å². The maximum absolute atomic E-state index is 12.2. The lowest BCUT2D eigenvalue weighted by molar-refractivity contribution is 0.0996. The van der Waals surface area contributed by atoms with Crippen molar-refractivity contribution in [1.82, 2.24) is 14.8 Å². The van der Waals surface area contributed by atoms with Crippen molar-refractivity contribution in [3.8, 4) is 23.1 Å². The highest BCUT2D eigenvalue weighted by molar-refractivity contribution is 6.02. The van der Waals surface area contributed by atoms with E-state index in [0.717, 1.165) is 16.8 Å². The number of carbonyl (C=O) groups excluding carboxylic acids is 1. The van der Waals surface area contributed by atoms with Crippen LogP contribution in [0.25, 0.3) is 17.1 Å². The van der Waals surface area contributed by atoms with Gasteiger partial charge in [0.05, 0.1) is 18.6 Å². The SMILES string of the molecule is CCOCCOc1nc(-c2ccc(C)cc2)n(-c2ccc(NC(=O)c3ccco3)cc2)n1. The van der Waals surface area contributed by atoms with Gasteiger partial charge in [0, 0.05) is 17.9 Å². The molecule has 0 aliphatic carbocycles. The van der Waals surface area contributed by atoms with Crippen molar-refractivity contribution >= 4 is 11.6 Å². The second-order valence-electron chi connectivity index (χ2n) is 7.02. The molecule has 0 saturated carbocycles. The monoisotopic (exact) mass is 432 g/mol. The molecule has 4 rings (SSSR count). The number of hydrogen-bond donors (Lipinski definition) is 1. The summed E-state index contributed by atoms with van der Waals surface area (Å²) >= 11 is 0. The molecule has 8 heteroatoms. The average Bonchev–Trinajstić information content (AvgIpc) is 3.49. The van der Waals surface area contributed by atoms with Gasteiger partial charge in [-0.25, -0.2) is 4.68 Å². The number of amides is 1. The normalized spacial score (nSPS) is 10.8. The first kappa shape index (κ1) is 21.3. The third-order valence-electron chi connectivity index (χ3n) is 4.68. The van der Waals surface area contributed by atoms with E-state index in [9.17, 15) is 4.79 Å². The number of furan rings is 1. The Morgan fingerprint density at radius 2 is 1.84 bits per heavy atom. The van der Waals surface area contributed by atoms with Gasteiger partial charge in [-0.2, -0.15) is 4.98 Å². The van der Waals surface area contributed by atoms with Crippen molar-refractivity contribution in [3.05, 3.63) is 78.3 Å². The molecule has 0 atom stereocenters. The van der Waals surface area contributed by atoms with Crippen LogP contribution in [-0.4, -0.2) is 40.5 Å². The third kappa shape index (κ3) is 5.04. The van der Waals surface area contributed by atoms with Crippen molar-refractivity contribution in [2.75, 3.05) is 25.1 Å². The predicted molar refractivity (Wildman–Crippen MR) is 120 cm³/mol. The van der Waals surface area contributed by atoms with E-state index in [1.165, 1.54) is 6.26 Å². The van der Waals surface area contributed by atoms with E-state index >= 15 is 0 Å². The molecule has 0 spiro atoms. The minimum Gasteiger partial charge on any atom is -0.460 e. The molecule has 1 amide bonds. The van der Waals surface area contributed by atoms with Crippen molar-refractivity contribution in [3.63, 3.8) is 0 Å². The van der Waals surface area contributed by atoms with Gasteiger partial charge < -0.3 is 19.2 Å². The van der Waals surface area contributed by atoms with E-state index in [4.69, 9.17) is 13.9 Å². The second-order valence-corrected chi connectivity index (χ2v) is 7.02. The summed E-state index contributed by atoms with van der Waals surface area (Å²) in [4.78, 5) is 16.8. The van der Waals surface area contributed by atoms with Crippen LogP contribution in [0.3, 0.4) is 0 Å². The number of benzene rings is 2. The van der Waals surface area contributed by atoms with Gasteiger partial charge in [-0.3, -0.25) is 4.79 Å². The van der Waals surface area contributed by atoms with Gasteiger partial charge in [-0.15, -0.1) is 5.10 Å².